The molecule has 0 unspecified atom stereocenters. The summed E-state index contributed by atoms with van der Waals surface area (Å²) in [5.41, 5.74) is 1.01. The molecule has 0 aromatic carbocycles. The van der Waals surface area contributed by atoms with Crippen molar-refractivity contribution in [3.63, 3.8) is 0 Å². The van der Waals surface area contributed by atoms with E-state index in [0.29, 0.717) is 11.3 Å². The van der Waals surface area contributed by atoms with Crippen molar-refractivity contribution in [2.75, 3.05) is 18.0 Å². The molecule has 1 aromatic rings. The Hall–Kier alpha value is -1.86. The van der Waals surface area contributed by atoms with Crippen LogP contribution in [0.1, 0.15) is 34.5 Å². The third kappa shape index (κ3) is 3.08. The summed E-state index contributed by atoms with van der Waals surface area (Å²) in [5, 5.41) is 17.1. The molecule has 116 valence electrons. The second-order valence-corrected chi connectivity index (χ2v) is 5.22. The second kappa shape index (κ2) is 5.50. The van der Waals surface area contributed by atoms with Crippen molar-refractivity contribution in [1.82, 2.24) is 10.2 Å². The van der Waals surface area contributed by atoms with Gasteiger partial charge in [-0.25, -0.2) is 4.79 Å². The van der Waals surface area contributed by atoms with Crippen molar-refractivity contribution in [1.29, 1.82) is 0 Å². The number of anilines is 1. The van der Waals surface area contributed by atoms with Crippen LogP contribution in [0.4, 0.5) is 19.0 Å². The third-order valence-electron chi connectivity index (χ3n) is 3.91. The number of aromatic carboxylic acids is 1. The van der Waals surface area contributed by atoms with E-state index in [4.69, 9.17) is 0 Å². The highest BCUT2D eigenvalue weighted by Gasteiger charge is 2.41. The largest absolute Gasteiger partial charge is 0.478 e. The third-order valence-corrected chi connectivity index (χ3v) is 3.91. The number of nitrogens with zero attached hydrogens (tertiary/aromatic N) is 3. The highest BCUT2D eigenvalue weighted by molar-refractivity contribution is 5.95. The van der Waals surface area contributed by atoms with Crippen molar-refractivity contribution in [3.8, 4) is 0 Å². The number of hydrogen-bond acceptors (Lipinski definition) is 4. The van der Waals surface area contributed by atoms with Crippen LogP contribution >= 0.6 is 0 Å². The first-order valence-corrected chi connectivity index (χ1v) is 6.60. The van der Waals surface area contributed by atoms with Crippen LogP contribution in [0.25, 0.3) is 0 Å². The van der Waals surface area contributed by atoms with Gasteiger partial charge in [-0.3, -0.25) is 0 Å². The molecule has 0 spiro atoms. The number of aryl methyl sites for hydroxylation is 1. The Labute approximate surface area is 119 Å². The van der Waals surface area contributed by atoms with E-state index in [1.54, 1.807) is 18.7 Å². The zero-order chi connectivity index (χ0) is 15.8. The fourth-order valence-electron chi connectivity index (χ4n) is 2.49. The number of hydrogen-bond donors (Lipinski definition) is 1. The maximum Gasteiger partial charge on any atom is 0.391 e. The van der Waals surface area contributed by atoms with E-state index in [0.717, 1.165) is 0 Å². The van der Waals surface area contributed by atoms with Gasteiger partial charge in [-0.2, -0.15) is 18.3 Å². The number of carbonyl (C=O) groups is 1. The number of aromatic nitrogens is 2. The molecule has 0 aliphatic carbocycles. The van der Waals surface area contributed by atoms with Crippen LogP contribution in [0.3, 0.4) is 0 Å². The van der Waals surface area contributed by atoms with Gasteiger partial charge in [0.15, 0.2) is 5.82 Å². The van der Waals surface area contributed by atoms with Crippen molar-refractivity contribution >= 4 is 11.8 Å². The van der Waals surface area contributed by atoms with Gasteiger partial charge in [0, 0.05) is 13.1 Å². The van der Waals surface area contributed by atoms with Gasteiger partial charge in [-0.15, -0.1) is 5.10 Å². The molecule has 8 heteroatoms. The maximum absolute atomic E-state index is 12.7. The van der Waals surface area contributed by atoms with Gasteiger partial charge in [0.05, 0.1) is 11.6 Å². The Morgan fingerprint density at radius 3 is 2.29 bits per heavy atom. The minimum Gasteiger partial charge on any atom is -0.478 e. The molecule has 0 saturated carbocycles. The number of carboxylic acids is 1. The lowest BCUT2D eigenvalue weighted by molar-refractivity contribution is -0.179. The van der Waals surface area contributed by atoms with E-state index in [-0.39, 0.29) is 37.3 Å². The molecule has 0 amide bonds. The molecule has 1 aliphatic rings. The number of carboxylic acid groups (broad SMARTS) is 1. The first-order valence-electron chi connectivity index (χ1n) is 6.60. The van der Waals surface area contributed by atoms with Crippen LogP contribution < -0.4 is 4.90 Å². The molecule has 2 rings (SSSR count). The standard InChI is InChI=1S/C13H16F3N3O2/c1-7-8(2)17-18-11(10(7)12(20)21)19-5-3-9(4-6-19)13(14,15)16/h9H,3-6H2,1-2H3,(H,20,21). The molecule has 5 nitrogen and oxygen atoms in total. The predicted octanol–water partition coefficient (Wildman–Crippen LogP) is 2.57. The lowest BCUT2D eigenvalue weighted by atomic mass is 9.96. The molecule has 1 saturated heterocycles. The Morgan fingerprint density at radius 1 is 1.24 bits per heavy atom. The van der Waals surface area contributed by atoms with E-state index in [1.807, 2.05) is 0 Å². The summed E-state index contributed by atoms with van der Waals surface area (Å²) in [4.78, 5) is 13.0. The van der Waals surface area contributed by atoms with Crippen LogP contribution in [-0.4, -0.2) is 40.5 Å². The van der Waals surface area contributed by atoms with Gasteiger partial charge in [0.1, 0.15) is 5.56 Å². The van der Waals surface area contributed by atoms with E-state index in [1.165, 1.54) is 0 Å². The first-order chi connectivity index (χ1) is 9.71. The van der Waals surface area contributed by atoms with Crippen molar-refractivity contribution in [3.05, 3.63) is 16.8 Å². The molecule has 2 heterocycles. The van der Waals surface area contributed by atoms with Crippen molar-refractivity contribution in [2.24, 2.45) is 5.92 Å². The number of halogens is 3. The highest BCUT2D eigenvalue weighted by atomic mass is 19.4. The van der Waals surface area contributed by atoms with E-state index in [2.05, 4.69) is 10.2 Å². The summed E-state index contributed by atoms with van der Waals surface area (Å²) in [6.45, 7) is 3.52. The monoisotopic (exact) mass is 303 g/mol. The maximum atomic E-state index is 12.7. The molecular weight excluding hydrogens is 287 g/mol. The zero-order valence-electron chi connectivity index (χ0n) is 11.7. The minimum atomic E-state index is -4.20. The summed E-state index contributed by atoms with van der Waals surface area (Å²) in [6.07, 6.45) is -4.31. The van der Waals surface area contributed by atoms with E-state index >= 15 is 0 Å². The fraction of sp³-hybridized carbons (Fsp3) is 0.615. The van der Waals surface area contributed by atoms with Gasteiger partial charge >= 0.3 is 12.1 Å². The molecule has 0 radical (unpaired) electrons. The smallest absolute Gasteiger partial charge is 0.391 e. The SMILES string of the molecule is Cc1nnc(N2CCC(C(F)(F)F)CC2)c(C(=O)O)c1C. The fourth-order valence-corrected chi connectivity index (χ4v) is 2.49. The van der Waals surface area contributed by atoms with Gasteiger partial charge in [0.2, 0.25) is 0 Å². The molecule has 1 fully saturated rings. The Morgan fingerprint density at radius 2 is 1.81 bits per heavy atom. The molecular formula is C13H16F3N3O2. The number of alkyl halides is 3. The van der Waals surface area contributed by atoms with Crippen molar-refractivity contribution in [2.45, 2.75) is 32.9 Å². The normalized spacial score (nSPS) is 17.1. The van der Waals surface area contributed by atoms with Crippen LogP contribution in [-0.2, 0) is 0 Å². The second-order valence-electron chi connectivity index (χ2n) is 5.22. The predicted molar refractivity (Wildman–Crippen MR) is 69.5 cm³/mol. The van der Waals surface area contributed by atoms with Gasteiger partial charge in [0.25, 0.3) is 0 Å². The van der Waals surface area contributed by atoms with E-state index in [9.17, 15) is 23.1 Å². The Kier molecular flexibility index (Phi) is 4.06. The molecule has 21 heavy (non-hydrogen) atoms. The van der Waals surface area contributed by atoms with Crippen LogP contribution in [0, 0.1) is 19.8 Å². The topological polar surface area (TPSA) is 66.3 Å². The zero-order valence-corrected chi connectivity index (χ0v) is 11.7. The lowest BCUT2D eigenvalue weighted by Crippen LogP contribution is -2.40. The molecule has 0 bridgehead atoms. The summed E-state index contributed by atoms with van der Waals surface area (Å²) in [7, 11) is 0. The molecule has 0 atom stereocenters. The van der Waals surface area contributed by atoms with Crippen LogP contribution in [0.2, 0.25) is 0 Å². The summed E-state index contributed by atoms with van der Waals surface area (Å²) >= 11 is 0. The molecule has 1 N–H and O–H groups in total. The summed E-state index contributed by atoms with van der Waals surface area (Å²) in [6, 6.07) is 0. The average Bonchev–Trinajstić information content (AvgIpc) is 2.40. The highest BCUT2D eigenvalue weighted by Crippen LogP contribution is 2.35. The van der Waals surface area contributed by atoms with Gasteiger partial charge < -0.3 is 10.0 Å². The number of rotatable bonds is 2. The summed E-state index contributed by atoms with van der Waals surface area (Å²) in [5.74, 6) is -2.31. The quantitative estimate of drug-likeness (QED) is 0.909. The van der Waals surface area contributed by atoms with E-state index < -0.39 is 18.1 Å². The molecule has 1 aromatic heterocycles. The average molecular weight is 303 g/mol. The van der Waals surface area contributed by atoms with Gasteiger partial charge in [-0.1, -0.05) is 0 Å². The van der Waals surface area contributed by atoms with Crippen LogP contribution in [0.15, 0.2) is 0 Å². The Balaban J connectivity index is 2.25. The van der Waals surface area contributed by atoms with Crippen LogP contribution in [0.5, 0.6) is 0 Å². The van der Waals surface area contributed by atoms with Gasteiger partial charge in [-0.05, 0) is 32.3 Å². The van der Waals surface area contributed by atoms with Crippen molar-refractivity contribution < 1.29 is 23.1 Å². The lowest BCUT2D eigenvalue weighted by Gasteiger charge is -2.34. The number of piperidine rings is 1. The summed E-state index contributed by atoms with van der Waals surface area (Å²) < 4.78 is 38.0. The Bertz CT molecular complexity index is 552. The minimum absolute atomic E-state index is 0.0213. The first kappa shape index (κ1) is 15.5. The molecule has 1 aliphatic heterocycles.